The van der Waals surface area contributed by atoms with Crippen LogP contribution in [0.15, 0.2) is 46.5 Å². The third kappa shape index (κ3) is 4.06. The van der Waals surface area contributed by atoms with Gasteiger partial charge in [0.05, 0.1) is 11.3 Å². The lowest BCUT2D eigenvalue weighted by molar-refractivity contribution is -0.140. The SMILES string of the molecule is CCN(CC)CCCN1C(=O)C(=O)/C(=C(/O)c2c(C)nc3ccccn23)[C@H]1c1ccc(C)o1. The number of hydrogen-bond donors (Lipinski definition) is 1. The van der Waals surface area contributed by atoms with Crippen LogP contribution in [0.4, 0.5) is 0 Å². The van der Waals surface area contributed by atoms with Crippen LogP contribution in [0.1, 0.15) is 49.2 Å². The maximum atomic E-state index is 13.2. The molecular weight excluding hydrogens is 420 g/mol. The van der Waals surface area contributed by atoms with E-state index in [1.165, 1.54) is 4.90 Å². The Morgan fingerprint density at radius 2 is 1.91 bits per heavy atom. The number of rotatable bonds is 8. The minimum atomic E-state index is -0.788. The van der Waals surface area contributed by atoms with E-state index in [1.807, 2.05) is 25.1 Å². The fraction of sp³-hybridized carbons (Fsp3) is 0.400. The van der Waals surface area contributed by atoms with Crippen molar-refractivity contribution in [1.29, 1.82) is 0 Å². The largest absolute Gasteiger partial charge is 0.505 e. The van der Waals surface area contributed by atoms with Crippen molar-refractivity contribution in [2.24, 2.45) is 0 Å². The Morgan fingerprint density at radius 1 is 1.15 bits per heavy atom. The number of aliphatic hydroxyl groups is 1. The van der Waals surface area contributed by atoms with Gasteiger partial charge < -0.3 is 19.3 Å². The number of furan rings is 1. The molecule has 8 heteroatoms. The van der Waals surface area contributed by atoms with Crippen LogP contribution in [0.25, 0.3) is 11.4 Å². The summed E-state index contributed by atoms with van der Waals surface area (Å²) in [6.07, 6.45) is 2.48. The molecule has 0 radical (unpaired) electrons. The third-order valence-corrected chi connectivity index (χ3v) is 6.27. The average molecular weight is 451 g/mol. The van der Waals surface area contributed by atoms with Crippen molar-refractivity contribution in [3.05, 3.63) is 65.0 Å². The number of likely N-dealkylation sites (tertiary alicyclic amines) is 1. The van der Waals surface area contributed by atoms with E-state index in [4.69, 9.17) is 4.42 Å². The van der Waals surface area contributed by atoms with E-state index in [9.17, 15) is 14.7 Å². The molecule has 3 aromatic rings. The summed E-state index contributed by atoms with van der Waals surface area (Å²) in [5.41, 5.74) is 1.65. The number of aryl methyl sites for hydroxylation is 2. The van der Waals surface area contributed by atoms with Crippen molar-refractivity contribution in [2.75, 3.05) is 26.2 Å². The summed E-state index contributed by atoms with van der Waals surface area (Å²) in [6.45, 7) is 10.8. The van der Waals surface area contributed by atoms with Gasteiger partial charge in [0.1, 0.15) is 28.9 Å². The molecule has 3 aromatic heterocycles. The van der Waals surface area contributed by atoms with E-state index in [2.05, 4.69) is 23.7 Å². The average Bonchev–Trinajstić information content (AvgIpc) is 3.45. The Morgan fingerprint density at radius 3 is 2.58 bits per heavy atom. The van der Waals surface area contributed by atoms with E-state index in [0.29, 0.717) is 41.5 Å². The lowest BCUT2D eigenvalue weighted by atomic mass is 10.0. The van der Waals surface area contributed by atoms with Crippen LogP contribution in [0, 0.1) is 13.8 Å². The zero-order chi connectivity index (χ0) is 23.7. The molecule has 1 saturated heterocycles. The van der Waals surface area contributed by atoms with E-state index in [-0.39, 0.29) is 11.3 Å². The molecule has 1 amide bonds. The van der Waals surface area contributed by atoms with Crippen LogP contribution in [0.2, 0.25) is 0 Å². The highest BCUT2D eigenvalue weighted by atomic mass is 16.3. The first kappa shape index (κ1) is 22.8. The summed E-state index contributed by atoms with van der Waals surface area (Å²) in [4.78, 5) is 34.6. The molecule has 1 aliphatic heterocycles. The third-order valence-electron chi connectivity index (χ3n) is 6.27. The number of imidazole rings is 1. The van der Waals surface area contributed by atoms with Gasteiger partial charge in [-0.3, -0.25) is 14.0 Å². The topological polar surface area (TPSA) is 91.3 Å². The Kier molecular flexibility index (Phi) is 6.37. The Balaban J connectivity index is 1.79. The van der Waals surface area contributed by atoms with E-state index in [1.54, 1.807) is 29.7 Å². The van der Waals surface area contributed by atoms with Crippen LogP contribution in [-0.4, -0.2) is 62.2 Å². The van der Waals surface area contributed by atoms with Gasteiger partial charge in [0.2, 0.25) is 0 Å². The quantitative estimate of drug-likeness (QED) is 0.320. The monoisotopic (exact) mass is 450 g/mol. The lowest BCUT2D eigenvalue weighted by Gasteiger charge is -2.25. The number of aromatic nitrogens is 2. The molecule has 0 aromatic carbocycles. The molecule has 0 aliphatic carbocycles. The molecular formula is C25H30N4O4. The fourth-order valence-corrected chi connectivity index (χ4v) is 4.54. The normalized spacial score (nSPS) is 18.2. The zero-order valence-electron chi connectivity index (χ0n) is 19.5. The number of nitrogens with zero attached hydrogens (tertiary/aromatic N) is 4. The number of amides is 1. The van der Waals surface area contributed by atoms with Gasteiger partial charge in [0, 0.05) is 12.7 Å². The summed E-state index contributed by atoms with van der Waals surface area (Å²) in [5, 5.41) is 11.4. The standard InChI is InChI=1S/C25H30N4O4/c1-5-27(6-2)13-9-15-29-22(18-12-11-16(3)33-18)20(24(31)25(29)32)23(30)21-17(4)26-19-10-7-8-14-28(19)21/h7-8,10-12,14,22,30H,5-6,9,13,15H2,1-4H3/b23-20+/t22-/m1/s1. The minimum Gasteiger partial charge on any atom is -0.505 e. The summed E-state index contributed by atoms with van der Waals surface area (Å²) in [6, 6.07) is 8.27. The van der Waals surface area contributed by atoms with E-state index in [0.717, 1.165) is 19.6 Å². The zero-order valence-corrected chi connectivity index (χ0v) is 19.5. The van der Waals surface area contributed by atoms with Gasteiger partial charge in [-0.2, -0.15) is 0 Å². The highest BCUT2D eigenvalue weighted by Gasteiger charge is 2.47. The summed E-state index contributed by atoms with van der Waals surface area (Å²) >= 11 is 0. The predicted octanol–water partition coefficient (Wildman–Crippen LogP) is 3.70. The van der Waals surface area contributed by atoms with Crippen LogP contribution < -0.4 is 0 Å². The number of pyridine rings is 1. The maximum Gasteiger partial charge on any atom is 0.295 e. The Labute approximate surface area is 193 Å². The van der Waals surface area contributed by atoms with Gasteiger partial charge in [-0.15, -0.1) is 0 Å². The number of aliphatic hydroxyl groups excluding tert-OH is 1. The van der Waals surface area contributed by atoms with Gasteiger partial charge in [-0.1, -0.05) is 19.9 Å². The smallest absolute Gasteiger partial charge is 0.295 e. The molecule has 1 atom stereocenters. The predicted molar refractivity (Wildman–Crippen MR) is 125 cm³/mol. The fourth-order valence-electron chi connectivity index (χ4n) is 4.54. The number of ketones is 1. The second kappa shape index (κ2) is 9.23. The maximum absolute atomic E-state index is 13.2. The van der Waals surface area contributed by atoms with Crippen molar-refractivity contribution in [3.8, 4) is 0 Å². The van der Waals surface area contributed by atoms with Gasteiger partial charge in [-0.05, 0) is 64.2 Å². The molecule has 174 valence electrons. The molecule has 33 heavy (non-hydrogen) atoms. The summed E-state index contributed by atoms with van der Waals surface area (Å²) < 4.78 is 7.58. The molecule has 8 nitrogen and oxygen atoms in total. The lowest BCUT2D eigenvalue weighted by Crippen LogP contribution is -2.33. The summed E-state index contributed by atoms with van der Waals surface area (Å²) in [7, 11) is 0. The number of carbonyl (C=O) groups excluding carboxylic acids is 2. The van der Waals surface area contributed by atoms with E-state index >= 15 is 0 Å². The second-order valence-corrected chi connectivity index (χ2v) is 8.30. The molecule has 1 fully saturated rings. The molecule has 0 bridgehead atoms. The van der Waals surface area contributed by atoms with Gasteiger partial charge in [0.15, 0.2) is 5.76 Å². The summed E-state index contributed by atoms with van der Waals surface area (Å²) in [5.74, 6) is -0.441. The van der Waals surface area contributed by atoms with Crippen molar-refractivity contribution in [1.82, 2.24) is 19.2 Å². The molecule has 1 N–H and O–H groups in total. The van der Waals surface area contributed by atoms with Crippen LogP contribution >= 0.6 is 0 Å². The number of hydrogen-bond acceptors (Lipinski definition) is 6. The van der Waals surface area contributed by atoms with Crippen LogP contribution in [-0.2, 0) is 9.59 Å². The minimum absolute atomic E-state index is 0.0333. The first-order valence-corrected chi connectivity index (χ1v) is 11.4. The highest BCUT2D eigenvalue weighted by Crippen LogP contribution is 2.40. The van der Waals surface area contributed by atoms with Crippen molar-refractivity contribution >= 4 is 23.1 Å². The molecule has 0 spiro atoms. The van der Waals surface area contributed by atoms with Crippen LogP contribution in [0.3, 0.4) is 0 Å². The van der Waals surface area contributed by atoms with Gasteiger partial charge in [-0.25, -0.2) is 4.98 Å². The van der Waals surface area contributed by atoms with Crippen LogP contribution in [0.5, 0.6) is 0 Å². The van der Waals surface area contributed by atoms with E-state index < -0.39 is 17.7 Å². The Hall–Kier alpha value is -3.39. The molecule has 0 saturated carbocycles. The van der Waals surface area contributed by atoms with Gasteiger partial charge in [0.25, 0.3) is 11.7 Å². The van der Waals surface area contributed by atoms with Crippen molar-refractivity contribution < 1.29 is 19.1 Å². The first-order valence-electron chi connectivity index (χ1n) is 11.4. The Bertz CT molecular complexity index is 1220. The van der Waals surface area contributed by atoms with Crippen molar-refractivity contribution in [3.63, 3.8) is 0 Å². The van der Waals surface area contributed by atoms with Crippen molar-refractivity contribution in [2.45, 2.75) is 40.2 Å². The molecule has 4 heterocycles. The highest BCUT2D eigenvalue weighted by molar-refractivity contribution is 6.46. The molecule has 0 unspecified atom stereocenters. The second-order valence-electron chi connectivity index (χ2n) is 8.30. The van der Waals surface area contributed by atoms with Gasteiger partial charge >= 0.3 is 0 Å². The number of carbonyl (C=O) groups is 2. The molecule has 4 rings (SSSR count). The molecule has 1 aliphatic rings. The first-order chi connectivity index (χ1) is 15.9. The number of fused-ring (bicyclic) bond motifs is 1. The number of Topliss-reactive ketones (excluding diaryl/α,β-unsaturated/α-hetero) is 1.